The Kier molecular flexibility index (Phi) is 5.99. The minimum atomic E-state index is -0.399. The van der Waals surface area contributed by atoms with Crippen LogP contribution in [0.3, 0.4) is 0 Å². The van der Waals surface area contributed by atoms with Gasteiger partial charge in [-0.1, -0.05) is 30.3 Å². The van der Waals surface area contributed by atoms with Crippen LogP contribution in [0.5, 0.6) is 5.75 Å². The van der Waals surface area contributed by atoms with Crippen molar-refractivity contribution in [2.24, 2.45) is 7.05 Å². The molecule has 0 bridgehead atoms. The molecule has 7 heteroatoms. The first kappa shape index (κ1) is 22.7. The Morgan fingerprint density at radius 1 is 1.09 bits per heavy atom. The number of aromatic nitrogens is 1. The number of nitro benzene ring substituents is 1. The zero-order valence-corrected chi connectivity index (χ0v) is 19.7. The monoisotopic (exact) mass is 470 g/mol. The molecule has 1 aromatic heterocycles. The van der Waals surface area contributed by atoms with Crippen molar-refractivity contribution in [1.82, 2.24) is 4.57 Å². The molecule has 7 nitrogen and oxygen atoms in total. The van der Waals surface area contributed by atoms with Crippen LogP contribution in [-0.4, -0.2) is 28.7 Å². The molecule has 35 heavy (non-hydrogen) atoms. The van der Waals surface area contributed by atoms with Crippen molar-refractivity contribution in [3.63, 3.8) is 0 Å². The molecule has 3 aromatic carbocycles. The minimum absolute atomic E-state index is 0.0912. The number of hydrogen-bond donors (Lipinski definition) is 0. The van der Waals surface area contributed by atoms with Crippen molar-refractivity contribution in [1.29, 1.82) is 0 Å². The first-order valence-electron chi connectivity index (χ1n) is 11.6. The molecule has 5 rings (SSSR count). The first-order valence-corrected chi connectivity index (χ1v) is 11.6. The van der Waals surface area contributed by atoms with E-state index < -0.39 is 4.92 Å². The zero-order valence-electron chi connectivity index (χ0n) is 19.7. The summed E-state index contributed by atoms with van der Waals surface area (Å²) in [6, 6.07) is 19.6. The topological polar surface area (TPSA) is 83.6 Å². The maximum Gasteiger partial charge on any atom is 0.311 e. The summed E-state index contributed by atoms with van der Waals surface area (Å²) in [7, 11) is 3.31. The molecule has 0 atom stereocenters. The smallest absolute Gasteiger partial charge is 0.311 e. The maximum absolute atomic E-state index is 12.2. The summed E-state index contributed by atoms with van der Waals surface area (Å²) in [5.74, 6) is -0.0890. The second-order valence-electron chi connectivity index (χ2n) is 8.94. The largest absolute Gasteiger partial charge is 0.482 e. The Balaban J connectivity index is 1.59. The van der Waals surface area contributed by atoms with E-state index in [-0.39, 0.29) is 29.9 Å². The van der Waals surface area contributed by atoms with E-state index in [9.17, 15) is 14.9 Å². The van der Waals surface area contributed by atoms with Gasteiger partial charge in [-0.05, 0) is 52.9 Å². The van der Waals surface area contributed by atoms with E-state index in [1.54, 1.807) is 0 Å². The number of carbonyl (C=O) groups is 1. The van der Waals surface area contributed by atoms with Gasteiger partial charge in [0.2, 0.25) is 5.75 Å². The molecule has 4 aromatic rings. The summed E-state index contributed by atoms with van der Waals surface area (Å²) < 4.78 is 13.2. The van der Waals surface area contributed by atoms with E-state index in [1.165, 1.54) is 24.3 Å². The third-order valence-corrected chi connectivity index (χ3v) is 6.67. The van der Waals surface area contributed by atoms with Gasteiger partial charge in [-0.15, -0.1) is 0 Å². The second kappa shape index (κ2) is 9.25. The van der Waals surface area contributed by atoms with Crippen molar-refractivity contribution in [2.75, 3.05) is 7.11 Å². The molecular formula is C28H26N2O5. The van der Waals surface area contributed by atoms with Crippen LogP contribution in [0.4, 0.5) is 5.69 Å². The van der Waals surface area contributed by atoms with Gasteiger partial charge in [0.05, 0.1) is 12.0 Å². The number of rotatable bonds is 7. The standard InChI is InChI=1S/C28H26N2O5/c1-29-12-11-22-15-21(8-9-25(22)29)24-13-18(7-10-27(31)34-2)14-26(30(32)33)28(24)35-23-16-19-5-3-4-6-20(19)17-23/h3-6,8-9,11-15,23H,7,10,16-17H2,1-2H3. The predicted octanol–water partition coefficient (Wildman–Crippen LogP) is 5.41. The van der Waals surface area contributed by atoms with Crippen molar-refractivity contribution < 1.29 is 19.2 Å². The number of carbonyl (C=O) groups excluding carboxylic acids is 1. The highest BCUT2D eigenvalue weighted by atomic mass is 16.6. The summed E-state index contributed by atoms with van der Waals surface area (Å²) in [6.07, 6.45) is 3.68. The number of methoxy groups -OCH3 is 1. The highest BCUT2D eigenvalue weighted by Crippen LogP contribution is 2.42. The van der Waals surface area contributed by atoms with Gasteiger partial charge in [0.1, 0.15) is 6.10 Å². The molecule has 0 unspecified atom stereocenters. The molecule has 0 saturated carbocycles. The fraction of sp³-hybridized carbons (Fsp3) is 0.250. The van der Waals surface area contributed by atoms with E-state index in [2.05, 4.69) is 12.1 Å². The van der Waals surface area contributed by atoms with Crippen molar-refractivity contribution in [3.05, 3.63) is 93.7 Å². The summed E-state index contributed by atoms with van der Waals surface area (Å²) in [5, 5.41) is 13.2. The van der Waals surface area contributed by atoms with Crippen LogP contribution < -0.4 is 4.74 Å². The fourth-order valence-electron chi connectivity index (χ4n) is 4.86. The van der Waals surface area contributed by atoms with Gasteiger partial charge in [0.15, 0.2) is 0 Å². The van der Waals surface area contributed by atoms with E-state index in [0.29, 0.717) is 30.4 Å². The lowest BCUT2D eigenvalue weighted by atomic mass is 9.97. The molecule has 0 saturated heterocycles. The van der Waals surface area contributed by atoms with Gasteiger partial charge < -0.3 is 14.0 Å². The number of fused-ring (bicyclic) bond motifs is 2. The first-order chi connectivity index (χ1) is 16.9. The van der Waals surface area contributed by atoms with Gasteiger partial charge in [-0.2, -0.15) is 0 Å². The summed E-state index contributed by atoms with van der Waals surface area (Å²) in [5.41, 5.74) is 5.57. The average molecular weight is 471 g/mol. The molecular weight excluding hydrogens is 444 g/mol. The summed E-state index contributed by atoms with van der Waals surface area (Å²) in [4.78, 5) is 23.5. The van der Waals surface area contributed by atoms with Crippen molar-refractivity contribution in [3.8, 4) is 16.9 Å². The number of nitro groups is 1. The lowest BCUT2D eigenvalue weighted by Crippen LogP contribution is -2.18. The predicted molar refractivity (Wildman–Crippen MR) is 134 cm³/mol. The highest BCUT2D eigenvalue weighted by Gasteiger charge is 2.29. The molecule has 0 amide bonds. The van der Waals surface area contributed by atoms with Crippen LogP contribution in [0.15, 0.2) is 66.9 Å². The lowest BCUT2D eigenvalue weighted by Gasteiger charge is -2.18. The van der Waals surface area contributed by atoms with Gasteiger partial charge in [0.25, 0.3) is 0 Å². The number of benzene rings is 3. The van der Waals surface area contributed by atoms with Crippen LogP contribution in [0, 0.1) is 10.1 Å². The van der Waals surface area contributed by atoms with E-state index in [4.69, 9.17) is 9.47 Å². The highest BCUT2D eigenvalue weighted by molar-refractivity contribution is 5.88. The van der Waals surface area contributed by atoms with Crippen LogP contribution in [-0.2, 0) is 35.8 Å². The second-order valence-corrected chi connectivity index (χ2v) is 8.94. The Morgan fingerprint density at radius 2 is 1.83 bits per heavy atom. The normalized spacial score (nSPS) is 13.1. The number of aryl methyl sites for hydroxylation is 2. The molecule has 1 heterocycles. The van der Waals surface area contributed by atoms with Crippen LogP contribution in [0.1, 0.15) is 23.1 Å². The molecule has 0 radical (unpaired) electrons. The van der Waals surface area contributed by atoms with Gasteiger partial charge >= 0.3 is 11.7 Å². The minimum Gasteiger partial charge on any atom is -0.482 e. The van der Waals surface area contributed by atoms with Crippen LogP contribution in [0.25, 0.3) is 22.0 Å². The Labute approximate surface area is 203 Å². The third kappa shape index (κ3) is 4.49. The summed E-state index contributed by atoms with van der Waals surface area (Å²) >= 11 is 0. The number of nitrogens with zero attached hydrogens (tertiary/aromatic N) is 2. The van der Waals surface area contributed by atoms with E-state index >= 15 is 0 Å². The van der Waals surface area contributed by atoms with Gasteiger partial charge in [-0.25, -0.2) is 0 Å². The Hall–Kier alpha value is -4.13. The number of hydrogen-bond acceptors (Lipinski definition) is 5. The lowest BCUT2D eigenvalue weighted by molar-refractivity contribution is -0.386. The van der Waals surface area contributed by atoms with Crippen LogP contribution >= 0.6 is 0 Å². The quantitative estimate of drug-likeness (QED) is 0.205. The van der Waals surface area contributed by atoms with Gasteiger partial charge in [0, 0.05) is 55.0 Å². The molecule has 178 valence electrons. The molecule has 0 aliphatic heterocycles. The average Bonchev–Trinajstić information content (AvgIpc) is 3.45. The van der Waals surface area contributed by atoms with Gasteiger partial charge in [-0.3, -0.25) is 14.9 Å². The van der Waals surface area contributed by atoms with E-state index in [0.717, 1.165) is 16.5 Å². The van der Waals surface area contributed by atoms with E-state index in [1.807, 2.05) is 60.3 Å². The Morgan fingerprint density at radius 3 is 2.51 bits per heavy atom. The number of ether oxygens (including phenoxy) is 2. The van der Waals surface area contributed by atoms with Crippen LogP contribution in [0.2, 0.25) is 0 Å². The fourth-order valence-corrected chi connectivity index (χ4v) is 4.86. The summed E-state index contributed by atoms with van der Waals surface area (Å²) in [6.45, 7) is 0. The molecule has 1 aliphatic carbocycles. The molecule has 0 fully saturated rings. The molecule has 0 spiro atoms. The third-order valence-electron chi connectivity index (χ3n) is 6.67. The Bertz CT molecular complexity index is 1410. The zero-order chi connectivity index (χ0) is 24.5. The van der Waals surface area contributed by atoms with Crippen molar-refractivity contribution >= 4 is 22.6 Å². The van der Waals surface area contributed by atoms with Crippen molar-refractivity contribution in [2.45, 2.75) is 31.8 Å². The molecule has 1 aliphatic rings. The maximum atomic E-state index is 12.2. The number of esters is 1. The SMILES string of the molecule is COC(=O)CCc1cc(-c2ccc3c(ccn3C)c2)c(OC2Cc3ccccc3C2)c([N+](=O)[O-])c1. The molecule has 0 N–H and O–H groups in total.